The van der Waals surface area contributed by atoms with Crippen molar-refractivity contribution in [2.24, 2.45) is 0 Å². The third kappa shape index (κ3) is 3.38. The Morgan fingerprint density at radius 3 is 2.36 bits per heavy atom. The number of aromatic nitrogens is 1. The van der Waals surface area contributed by atoms with Crippen molar-refractivity contribution in [2.45, 2.75) is 11.3 Å². The first-order valence-electron chi connectivity index (χ1n) is 7.78. The lowest BCUT2D eigenvalue weighted by molar-refractivity contribution is -0.393. The number of fused-ring (bicyclic) bond motifs is 1. The summed E-state index contributed by atoms with van der Waals surface area (Å²) in [4.78, 5) is 14.0. The first kappa shape index (κ1) is 19.9. The summed E-state index contributed by atoms with van der Waals surface area (Å²) in [5.74, 6) is -0.703. The fraction of sp³-hybridized carbons (Fsp3) is 0.125. The normalized spacial score (nSPS) is 16.3. The standard InChI is InChI=1S/C16H15N3O7S2/c1-19(16(20)11-3-2-8-18-11)14-12(27(21,22)23)7-5-9-4-6-10(17)15(13(9)14)28(24,25)26/h2-4,6-8H,5,17H2,1H3,(H2-,18,20,21,22,23,24,25,26)/p+1. The van der Waals surface area contributed by atoms with E-state index in [1.54, 1.807) is 6.07 Å². The largest absolute Gasteiger partial charge is 0.436 e. The molecule has 1 heterocycles. The lowest BCUT2D eigenvalue weighted by atomic mass is 9.93. The maximum Gasteiger partial charge on any atom is 0.436 e. The monoisotopic (exact) mass is 426 g/mol. The summed E-state index contributed by atoms with van der Waals surface area (Å²) in [7, 11) is -8.51. The van der Waals surface area contributed by atoms with Crippen molar-refractivity contribution >= 4 is 37.5 Å². The molecule has 3 rings (SSSR count). The maximum atomic E-state index is 12.8. The number of amides is 1. The fourth-order valence-corrected chi connectivity index (χ4v) is 4.70. The van der Waals surface area contributed by atoms with E-state index >= 15 is 0 Å². The lowest BCUT2D eigenvalue weighted by Crippen LogP contribution is -2.33. The molecule has 1 aromatic heterocycles. The molecular weight excluding hydrogens is 410 g/mol. The second-order valence-corrected chi connectivity index (χ2v) is 8.79. The van der Waals surface area contributed by atoms with Gasteiger partial charge in [-0.25, -0.2) is 4.79 Å². The van der Waals surface area contributed by atoms with E-state index in [1.807, 2.05) is 0 Å². The topological polar surface area (TPSA) is 171 Å². The minimum Gasteiger partial charge on any atom is -0.398 e. The molecule has 2 aromatic rings. The van der Waals surface area contributed by atoms with Crippen LogP contribution in [0.3, 0.4) is 0 Å². The molecule has 0 atom stereocenters. The van der Waals surface area contributed by atoms with Crippen LogP contribution in [0.2, 0.25) is 0 Å². The molecule has 5 N–H and O–H groups in total. The van der Waals surface area contributed by atoms with Crippen LogP contribution in [0.15, 0.2) is 46.3 Å². The number of nitrogens with zero attached hydrogens (tertiary/aromatic N) is 1. The zero-order valence-corrected chi connectivity index (χ0v) is 16.1. The molecule has 0 fully saturated rings. The number of hydrogen-bond acceptors (Lipinski definition) is 6. The van der Waals surface area contributed by atoms with Crippen LogP contribution < -0.4 is 5.73 Å². The van der Waals surface area contributed by atoms with E-state index in [0.29, 0.717) is 5.56 Å². The number of hydrogen-bond donors (Lipinski definition) is 4. The number of allylic oxidation sites excluding steroid dienone is 2. The number of nitrogens with two attached hydrogens (primary N) is 1. The Bertz CT molecular complexity index is 1260. The van der Waals surface area contributed by atoms with Crippen LogP contribution in [0.4, 0.5) is 5.69 Å². The molecule has 1 aromatic carbocycles. The van der Waals surface area contributed by atoms with Crippen molar-refractivity contribution < 1.29 is 35.3 Å². The Morgan fingerprint density at radius 2 is 1.82 bits per heavy atom. The number of rotatable bonds is 3. The molecule has 10 nitrogen and oxygen atoms in total. The molecular formula is C16H16N3O7S2+. The number of anilines is 1. The third-order valence-corrected chi connectivity index (χ3v) is 6.13. The van der Waals surface area contributed by atoms with E-state index in [2.05, 4.69) is 4.98 Å². The van der Waals surface area contributed by atoms with Gasteiger partial charge in [-0.3, -0.25) is 9.11 Å². The lowest BCUT2D eigenvalue weighted by Gasteiger charge is -2.19. The van der Waals surface area contributed by atoms with Gasteiger partial charge in [0, 0.05) is 6.20 Å². The smallest absolute Gasteiger partial charge is 0.398 e. The molecule has 148 valence electrons. The minimum absolute atomic E-state index is 0.0682. The predicted molar refractivity (Wildman–Crippen MR) is 99.4 cm³/mol. The molecule has 1 aliphatic carbocycles. The van der Waals surface area contributed by atoms with Crippen molar-refractivity contribution in [3.05, 3.63) is 58.3 Å². The molecule has 1 amide bonds. The molecule has 0 saturated heterocycles. The molecule has 0 saturated carbocycles. The van der Waals surface area contributed by atoms with Gasteiger partial charge in [0.2, 0.25) is 5.71 Å². The molecule has 12 heteroatoms. The van der Waals surface area contributed by atoms with E-state index < -0.39 is 41.7 Å². The highest BCUT2D eigenvalue weighted by Crippen LogP contribution is 2.33. The number of benzene rings is 1. The van der Waals surface area contributed by atoms with Crippen molar-refractivity contribution in [3.63, 3.8) is 0 Å². The molecule has 0 radical (unpaired) electrons. The quantitative estimate of drug-likeness (QED) is 0.311. The Kier molecular flexibility index (Phi) is 4.75. The van der Waals surface area contributed by atoms with Gasteiger partial charge >= 0.3 is 16.0 Å². The van der Waals surface area contributed by atoms with E-state index in [-0.39, 0.29) is 23.4 Å². The van der Waals surface area contributed by atoms with Crippen LogP contribution in [-0.2, 0) is 26.7 Å². The summed E-state index contributed by atoms with van der Waals surface area (Å²) in [5, 5.41) is 0. The zero-order chi connectivity index (χ0) is 20.9. The Balaban J connectivity index is 2.46. The van der Waals surface area contributed by atoms with Crippen molar-refractivity contribution in [1.82, 2.24) is 4.98 Å². The van der Waals surface area contributed by atoms with Crippen LogP contribution >= 0.6 is 0 Å². The number of aromatic amines is 1. The first-order valence-corrected chi connectivity index (χ1v) is 10.7. The van der Waals surface area contributed by atoms with Crippen molar-refractivity contribution in [1.29, 1.82) is 0 Å². The summed E-state index contributed by atoms with van der Waals surface area (Å²) < 4.78 is 68.0. The highest BCUT2D eigenvalue weighted by molar-refractivity contribution is 7.91. The molecule has 0 aliphatic heterocycles. The van der Waals surface area contributed by atoms with Gasteiger partial charge in [-0.2, -0.15) is 21.4 Å². The Hall–Kier alpha value is -2.80. The van der Waals surface area contributed by atoms with Gasteiger partial charge in [-0.1, -0.05) is 12.1 Å². The molecule has 0 unspecified atom stereocenters. The second-order valence-electron chi connectivity index (χ2n) is 6.04. The summed E-state index contributed by atoms with van der Waals surface area (Å²) in [6.45, 7) is 0. The highest BCUT2D eigenvalue weighted by Gasteiger charge is 2.40. The second kappa shape index (κ2) is 6.67. The van der Waals surface area contributed by atoms with Gasteiger partial charge in [0.05, 0.1) is 11.3 Å². The van der Waals surface area contributed by atoms with E-state index in [0.717, 1.165) is 10.7 Å². The Morgan fingerprint density at radius 1 is 1.14 bits per heavy atom. The van der Waals surface area contributed by atoms with Gasteiger partial charge in [-0.15, -0.1) is 0 Å². The minimum atomic E-state index is -4.89. The first-order chi connectivity index (χ1) is 12.9. The van der Waals surface area contributed by atoms with E-state index in [4.69, 9.17) is 5.73 Å². The Labute approximate surface area is 160 Å². The summed E-state index contributed by atoms with van der Waals surface area (Å²) in [6, 6.07) is 5.67. The highest BCUT2D eigenvalue weighted by atomic mass is 32.2. The SMILES string of the molecule is C[N+](C(=O)c1ccc[nH]1)=C1C(S(=O)(=O)O)=CCc2ccc(N)c(S(=O)(=O)O)c21. The number of nitrogens with one attached hydrogen (secondary N) is 1. The number of H-pyrrole nitrogens is 1. The molecule has 28 heavy (non-hydrogen) atoms. The summed E-state index contributed by atoms with van der Waals surface area (Å²) in [6.07, 6.45) is 2.55. The van der Waals surface area contributed by atoms with Crippen LogP contribution in [0.1, 0.15) is 21.6 Å². The fourth-order valence-electron chi connectivity index (χ4n) is 3.08. The van der Waals surface area contributed by atoms with Crippen LogP contribution in [0, 0.1) is 0 Å². The van der Waals surface area contributed by atoms with Crippen molar-refractivity contribution in [3.8, 4) is 0 Å². The van der Waals surface area contributed by atoms with Gasteiger partial charge in [0.1, 0.15) is 11.9 Å². The van der Waals surface area contributed by atoms with Gasteiger partial charge in [0.25, 0.3) is 10.1 Å². The zero-order valence-electron chi connectivity index (χ0n) is 14.4. The van der Waals surface area contributed by atoms with Gasteiger partial charge in [-0.05, 0) is 30.2 Å². The molecule has 1 aliphatic rings. The number of nitrogen functional groups attached to an aromatic ring is 1. The summed E-state index contributed by atoms with van der Waals surface area (Å²) >= 11 is 0. The average Bonchev–Trinajstić information content (AvgIpc) is 3.11. The predicted octanol–water partition coefficient (Wildman–Crippen LogP) is 0.443. The van der Waals surface area contributed by atoms with E-state index in [9.17, 15) is 30.7 Å². The van der Waals surface area contributed by atoms with Gasteiger partial charge < -0.3 is 10.7 Å². The maximum absolute atomic E-state index is 12.8. The van der Waals surface area contributed by atoms with Crippen LogP contribution in [0.25, 0.3) is 0 Å². The van der Waals surface area contributed by atoms with Gasteiger partial charge in [0.15, 0.2) is 10.6 Å². The van der Waals surface area contributed by atoms with Crippen LogP contribution in [0.5, 0.6) is 0 Å². The number of carbonyl (C=O) groups is 1. The van der Waals surface area contributed by atoms with Crippen molar-refractivity contribution in [2.75, 3.05) is 12.8 Å². The number of carbonyl (C=O) groups excluding carboxylic acids is 1. The van der Waals surface area contributed by atoms with E-state index in [1.165, 1.54) is 31.4 Å². The molecule has 0 bridgehead atoms. The molecule has 0 spiro atoms. The third-order valence-electron chi connectivity index (χ3n) is 4.26. The van der Waals surface area contributed by atoms with Crippen LogP contribution in [-0.4, -0.2) is 54.2 Å². The average molecular weight is 426 g/mol. The summed E-state index contributed by atoms with van der Waals surface area (Å²) in [5.41, 5.74) is 5.10.